The second-order valence-corrected chi connectivity index (χ2v) is 5.90. The van der Waals surface area contributed by atoms with E-state index in [1.807, 2.05) is 35.7 Å². The topological polar surface area (TPSA) is 75.5 Å². The molecular weight excluding hydrogens is 316 g/mol. The van der Waals surface area contributed by atoms with Crippen molar-refractivity contribution in [1.82, 2.24) is 14.7 Å². The molecule has 0 saturated carbocycles. The Morgan fingerprint density at radius 1 is 1.16 bits per heavy atom. The Balaban J connectivity index is 1.60. The molecule has 2 heterocycles. The first-order valence-corrected chi connectivity index (χ1v) is 8.12. The van der Waals surface area contributed by atoms with Crippen LogP contribution in [0, 0.1) is 6.92 Å². The van der Waals surface area contributed by atoms with Gasteiger partial charge in [0.15, 0.2) is 0 Å². The van der Waals surface area contributed by atoms with Crippen molar-refractivity contribution in [3.8, 4) is 0 Å². The van der Waals surface area contributed by atoms with Crippen LogP contribution >= 0.6 is 0 Å². The Morgan fingerprint density at radius 2 is 1.96 bits per heavy atom. The Bertz CT molecular complexity index is 930. The van der Waals surface area contributed by atoms with E-state index in [1.54, 1.807) is 24.3 Å². The monoisotopic (exact) mass is 336 g/mol. The number of aromatic nitrogens is 2. The molecule has 0 bridgehead atoms. The number of rotatable bonds is 5. The zero-order chi connectivity index (χ0) is 17.8. The van der Waals surface area contributed by atoms with Gasteiger partial charge in [0.05, 0.1) is 5.69 Å². The van der Waals surface area contributed by atoms with Gasteiger partial charge in [0.1, 0.15) is 5.65 Å². The molecule has 0 radical (unpaired) electrons. The molecule has 2 amide bonds. The number of carbonyl (C=O) groups excluding carboxylic acids is 2. The summed E-state index contributed by atoms with van der Waals surface area (Å²) in [5, 5.41) is 5.56. The molecule has 0 aliphatic heterocycles. The van der Waals surface area contributed by atoms with Crippen LogP contribution in [0.3, 0.4) is 0 Å². The molecule has 128 valence electrons. The average molecular weight is 336 g/mol. The molecule has 0 aliphatic rings. The molecule has 0 unspecified atom stereocenters. The van der Waals surface area contributed by atoms with Gasteiger partial charge in [-0.3, -0.25) is 9.59 Å². The van der Waals surface area contributed by atoms with Gasteiger partial charge in [-0.25, -0.2) is 4.98 Å². The summed E-state index contributed by atoms with van der Waals surface area (Å²) >= 11 is 0. The second-order valence-electron chi connectivity index (χ2n) is 5.90. The number of hydrogen-bond donors (Lipinski definition) is 2. The second kappa shape index (κ2) is 7.17. The van der Waals surface area contributed by atoms with Gasteiger partial charge in [-0.1, -0.05) is 12.1 Å². The molecule has 25 heavy (non-hydrogen) atoms. The molecule has 3 rings (SSSR count). The highest BCUT2D eigenvalue weighted by Crippen LogP contribution is 2.11. The van der Waals surface area contributed by atoms with Gasteiger partial charge >= 0.3 is 0 Å². The van der Waals surface area contributed by atoms with Crippen molar-refractivity contribution in [2.75, 3.05) is 11.9 Å². The highest BCUT2D eigenvalue weighted by Gasteiger charge is 2.08. The highest BCUT2D eigenvalue weighted by molar-refractivity contribution is 5.96. The molecule has 0 fully saturated rings. The smallest absolute Gasteiger partial charge is 0.251 e. The van der Waals surface area contributed by atoms with Crippen LogP contribution in [0.25, 0.3) is 5.65 Å². The number of fused-ring (bicyclic) bond motifs is 1. The standard InChI is InChI=1S/C19H20N4O2/c1-13-5-3-8-18-22-17(12-23(13)18)9-10-20-19(25)15-6-4-7-16(11-15)21-14(2)24/h3-8,11-12H,9-10H2,1-2H3,(H,20,25)(H,21,24). The molecule has 0 atom stereocenters. The number of imidazole rings is 1. The molecule has 3 aromatic rings. The fraction of sp³-hybridized carbons (Fsp3) is 0.211. The van der Waals surface area contributed by atoms with E-state index in [-0.39, 0.29) is 11.8 Å². The van der Waals surface area contributed by atoms with Crippen LogP contribution in [0.4, 0.5) is 5.69 Å². The SMILES string of the molecule is CC(=O)Nc1cccc(C(=O)NCCc2cn3c(C)cccc3n2)c1. The van der Waals surface area contributed by atoms with Crippen LogP contribution < -0.4 is 10.6 Å². The fourth-order valence-electron chi connectivity index (χ4n) is 2.67. The number of hydrogen-bond acceptors (Lipinski definition) is 3. The minimum atomic E-state index is -0.174. The first-order chi connectivity index (χ1) is 12.0. The Morgan fingerprint density at radius 3 is 2.72 bits per heavy atom. The van der Waals surface area contributed by atoms with Gasteiger partial charge in [-0.15, -0.1) is 0 Å². The summed E-state index contributed by atoms with van der Waals surface area (Å²) in [7, 11) is 0. The normalized spacial score (nSPS) is 10.6. The molecule has 0 spiro atoms. The number of benzene rings is 1. The third-order valence-electron chi connectivity index (χ3n) is 3.86. The molecule has 2 aromatic heterocycles. The third kappa shape index (κ3) is 4.03. The van der Waals surface area contributed by atoms with E-state index in [0.29, 0.717) is 24.2 Å². The largest absolute Gasteiger partial charge is 0.352 e. The van der Waals surface area contributed by atoms with Crippen LogP contribution in [-0.4, -0.2) is 27.7 Å². The number of nitrogens with zero attached hydrogens (tertiary/aromatic N) is 2. The Kier molecular flexibility index (Phi) is 4.79. The Hall–Kier alpha value is -3.15. The Labute approximate surface area is 145 Å². The maximum Gasteiger partial charge on any atom is 0.251 e. The number of carbonyl (C=O) groups is 2. The lowest BCUT2D eigenvalue weighted by Gasteiger charge is -2.06. The first kappa shape index (κ1) is 16.7. The highest BCUT2D eigenvalue weighted by atomic mass is 16.2. The predicted octanol–water partition coefficient (Wildman–Crippen LogP) is 2.57. The van der Waals surface area contributed by atoms with Gasteiger partial charge in [0.2, 0.25) is 5.91 Å². The van der Waals surface area contributed by atoms with Crippen LogP contribution in [0.5, 0.6) is 0 Å². The maximum absolute atomic E-state index is 12.2. The lowest BCUT2D eigenvalue weighted by atomic mass is 10.2. The van der Waals surface area contributed by atoms with E-state index < -0.39 is 0 Å². The number of anilines is 1. The summed E-state index contributed by atoms with van der Waals surface area (Å²) in [4.78, 5) is 27.9. The van der Waals surface area contributed by atoms with Crippen LogP contribution in [0.1, 0.15) is 28.7 Å². The zero-order valence-corrected chi connectivity index (χ0v) is 14.2. The third-order valence-corrected chi connectivity index (χ3v) is 3.86. The zero-order valence-electron chi connectivity index (χ0n) is 14.2. The number of amides is 2. The summed E-state index contributed by atoms with van der Waals surface area (Å²) < 4.78 is 2.04. The first-order valence-electron chi connectivity index (χ1n) is 8.12. The van der Waals surface area contributed by atoms with E-state index in [2.05, 4.69) is 15.6 Å². The van der Waals surface area contributed by atoms with Gasteiger partial charge in [-0.05, 0) is 37.3 Å². The van der Waals surface area contributed by atoms with E-state index in [0.717, 1.165) is 17.0 Å². The maximum atomic E-state index is 12.2. The number of aryl methyl sites for hydroxylation is 1. The van der Waals surface area contributed by atoms with Crippen LogP contribution in [-0.2, 0) is 11.2 Å². The van der Waals surface area contributed by atoms with E-state index in [9.17, 15) is 9.59 Å². The summed E-state index contributed by atoms with van der Waals surface area (Å²) in [6.07, 6.45) is 2.65. The summed E-state index contributed by atoms with van der Waals surface area (Å²) in [6, 6.07) is 12.8. The number of nitrogens with one attached hydrogen (secondary N) is 2. The van der Waals surface area contributed by atoms with Gasteiger partial charge in [0.25, 0.3) is 5.91 Å². The molecule has 0 aliphatic carbocycles. The van der Waals surface area contributed by atoms with E-state index in [4.69, 9.17) is 0 Å². The van der Waals surface area contributed by atoms with Crippen LogP contribution in [0.15, 0.2) is 48.7 Å². The summed E-state index contributed by atoms with van der Waals surface area (Å²) in [5.41, 5.74) is 4.08. The van der Waals surface area contributed by atoms with Gasteiger partial charge in [-0.2, -0.15) is 0 Å². The van der Waals surface area contributed by atoms with Crippen molar-refractivity contribution in [2.45, 2.75) is 20.3 Å². The molecule has 2 N–H and O–H groups in total. The fourth-order valence-corrected chi connectivity index (χ4v) is 2.67. The van der Waals surface area contributed by atoms with Gasteiger partial charge < -0.3 is 15.0 Å². The van der Waals surface area contributed by atoms with E-state index in [1.165, 1.54) is 6.92 Å². The quantitative estimate of drug-likeness (QED) is 0.752. The average Bonchev–Trinajstić information content (AvgIpc) is 2.99. The lowest BCUT2D eigenvalue weighted by Crippen LogP contribution is -2.25. The molecule has 1 aromatic carbocycles. The molecule has 6 nitrogen and oxygen atoms in total. The summed E-state index contributed by atoms with van der Waals surface area (Å²) in [5.74, 6) is -0.341. The number of pyridine rings is 1. The molecule has 0 saturated heterocycles. The van der Waals surface area contributed by atoms with E-state index >= 15 is 0 Å². The van der Waals surface area contributed by atoms with Crippen molar-refractivity contribution in [3.05, 3.63) is 65.6 Å². The lowest BCUT2D eigenvalue weighted by molar-refractivity contribution is -0.114. The van der Waals surface area contributed by atoms with Crippen molar-refractivity contribution in [2.24, 2.45) is 0 Å². The van der Waals surface area contributed by atoms with Crippen molar-refractivity contribution in [1.29, 1.82) is 0 Å². The molecule has 6 heteroatoms. The van der Waals surface area contributed by atoms with Crippen molar-refractivity contribution in [3.63, 3.8) is 0 Å². The van der Waals surface area contributed by atoms with Crippen molar-refractivity contribution >= 4 is 23.1 Å². The molecular formula is C19H20N4O2. The predicted molar refractivity (Wildman–Crippen MR) is 96.7 cm³/mol. The minimum absolute atomic E-state index is 0.167. The summed E-state index contributed by atoms with van der Waals surface area (Å²) in [6.45, 7) is 3.96. The van der Waals surface area contributed by atoms with Crippen LogP contribution in [0.2, 0.25) is 0 Å². The van der Waals surface area contributed by atoms with Crippen molar-refractivity contribution < 1.29 is 9.59 Å². The minimum Gasteiger partial charge on any atom is -0.352 e. The van der Waals surface area contributed by atoms with Gasteiger partial charge in [0, 0.05) is 43.0 Å².